The molecular weight excluding hydrogens is 88.1 g/mol. The van der Waals surface area contributed by atoms with Crippen LogP contribution in [-0.4, -0.2) is 18.6 Å². The number of nitrogens with one attached hydrogen (secondary N) is 1. The minimum atomic E-state index is 0.620. The SMILES string of the molecule is CC1CC(CN)N1. The van der Waals surface area contributed by atoms with E-state index in [4.69, 9.17) is 5.73 Å². The smallest absolute Gasteiger partial charge is 0.0207 e. The third-order valence-electron chi connectivity index (χ3n) is 1.44. The quantitative estimate of drug-likeness (QED) is 0.474. The van der Waals surface area contributed by atoms with Crippen molar-refractivity contribution in [2.24, 2.45) is 5.73 Å². The molecule has 0 aromatic carbocycles. The lowest BCUT2D eigenvalue weighted by Gasteiger charge is -2.33. The zero-order valence-corrected chi connectivity index (χ0v) is 4.65. The fourth-order valence-corrected chi connectivity index (χ4v) is 0.969. The third kappa shape index (κ3) is 0.924. The van der Waals surface area contributed by atoms with Crippen molar-refractivity contribution in [3.63, 3.8) is 0 Å². The number of hydrogen-bond acceptors (Lipinski definition) is 2. The topological polar surface area (TPSA) is 38.0 Å². The average molecular weight is 100 g/mol. The highest BCUT2D eigenvalue weighted by molar-refractivity contribution is 4.85. The molecule has 2 unspecified atom stereocenters. The lowest BCUT2D eigenvalue weighted by molar-refractivity contribution is 0.288. The van der Waals surface area contributed by atoms with E-state index in [9.17, 15) is 0 Å². The molecule has 0 amide bonds. The van der Waals surface area contributed by atoms with Crippen LogP contribution in [0.1, 0.15) is 13.3 Å². The minimum absolute atomic E-state index is 0.620. The summed E-state index contributed by atoms with van der Waals surface area (Å²) in [6, 6.07) is 1.34. The van der Waals surface area contributed by atoms with Crippen molar-refractivity contribution in [2.45, 2.75) is 25.4 Å². The van der Waals surface area contributed by atoms with E-state index in [1.807, 2.05) is 0 Å². The molecule has 1 heterocycles. The molecule has 0 bridgehead atoms. The first-order chi connectivity index (χ1) is 3.33. The van der Waals surface area contributed by atoms with E-state index in [-0.39, 0.29) is 0 Å². The second-order valence-electron chi connectivity index (χ2n) is 2.24. The summed E-state index contributed by atoms with van der Waals surface area (Å²) in [7, 11) is 0. The molecule has 0 aliphatic carbocycles. The largest absolute Gasteiger partial charge is 0.329 e. The molecule has 0 aromatic heterocycles. The molecule has 1 saturated heterocycles. The fourth-order valence-electron chi connectivity index (χ4n) is 0.969. The van der Waals surface area contributed by atoms with Gasteiger partial charge in [-0.2, -0.15) is 0 Å². The summed E-state index contributed by atoms with van der Waals surface area (Å²) in [5.41, 5.74) is 5.33. The van der Waals surface area contributed by atoms with Crippen LogP contribution in [0, 0.1) is 0 Å². The van der Waals surface area contributed by atoms with Gasteiger partial charge < -0.3 is 11.1 Å². The summed E-state index contributed by atoms with van der Waals surface area (Å²) in [5, 5.41) is 3.27. The van der Waals surface area contributed by atoms with Crippen molar-refractivity contribution in [2.75, 3.05) is 6.54 Å². The Morgan fingerprint density at radius 1 is 1.86 bits per heavy atom. The molecule has 0 aromatic rings. The summed E-state index contributed by atoms with van der Waals surface area (Å²) in [4.78, 5) is 0. The molecule has 7 heavy (non-hydrogen) atoms. The highest BCUT2D eigenvalue weighted by Crippen LogP contribution is 2.07. The first-order valence-corrected chi connectivity index (χ1v) is 2.79. The molecule has 1 fully saturated rings. The molecular formula is C5H12N2. The predicted octanol–water partition coefficient (Wildman–Crippen LogP) is -0.305. The molecule has 2 heteroatoms. The Balaban J connectivity index is 2.06. The van der Waals surface area contributed by atoms with Gasteiger partial charge in [-0.3, -0.25) is 0 Å². The van der Waals surface area contributed by atoms with E-state index in [2.05, 4.69) is 12.2 Å². The maximum absolute atomic E-state index is 5.33. The van der Waals surface area contributed by atoms with Gasteiger partial charge in [-0.05, 0) is 13.3 Å². The molecule has 0 spiro atoms. The fraction of sp³-hybridized carbons (Fsp3) is 1.00. The Hall–Kier alpha value is -0.0800. The Kier molecular flexibility index (Phi) is 1.30. The Morgan fingerprint density at radius 3 is 2.57 bits per heavy atom. The van der Waals surface area contributed by atoms with Crippen molar-refractivity contribution in [1.29, 1.82) is 0 Å². The maximum Gasteiger partial charge on any atom is 0.0207 e. The highest BCUT2D eigenvalue weighted by atomic mass is 15.0. The second kappa shape index (κ2) is 1.80. The normalized spacial score (nSPS) is 40.3. The van der Waals surface area contributed by atoms with Crippen molar-refractivity contribution < 1.29 is 0 Å². The zero-order chi connectivity index (χ0) is 5.28. The first kappa shape index (κ1) is 5.06. The van der Waals surface area contributed by atoms with Gasteiger partial charge in [0, 0.05) is 18.6 Å². The van der Waals surface area contributed by atoms with Crippen molar-refractivity contribution in [3.05, 3.63) is 0 Å². The average Bonchev–Trinajstić information content (AvgIpc) is 1.58. The molecule has 1 aliphatic rings. The minimum Gasteiger partial charge on any atom is -0.329 e. The number of rotatable bonds is 1. The molecule has 1 rings (SSSR count). The summed E-state index contributed by atoms with van der Waals surface area (Å²) >= 11 is 0. The highest BCUT2D eigenvalue weighted by Gasteiger charge is 2.21. The van der Waals surface area contributed by atoms with E-state index in [0.29, 0.717) is 12.1 Å². The maximum atomic E-state index is 5.33. The summed E-state index contributed by atoms with van der Waals surface area (Å²) in [5.74, 6) is 0. The number of hydrogen-bond donors (Lipinski definition) is 2. The van der Waals surface area contributed by atoms with Gasteiger partial charge in [0.25, 0.3) is 0 Å². The predicted molar refractivity (Wildman–Crippen MR) is 30.1 cm³/mol. The van der Waals surface area contributed by atoms with Gasteiger partial charge in [0.05, 0.1) is 0 Å². The van der Waals surface area contributed by atoms with Gasteiger partial charge in [0.1, 0.15) is 0 Å². The molecule has 1 aliphatic heterocycles. The lowest BCUT2D eigenvalue weighted by atomic mass is 9.99. The molecule has 2 nitrogen and oxygen atoms in total. The van der Waals surface area contributed by atoms with Gasteiger partial charge in [-0.15, -0.1) is 0 Å². The summed E-state index contributed by atoms with van der Waals surface area (Å²) < 4.78 is 0. The van der Waals surface area contributed by atoms with Gasteiger partial charge in [-0.25, -0.2) is 0 Å². The molecule has 2 atom stereocenters. The van der Waals surface area contributed by atoms with Crippen LogP contribution in [0.5, 0.6) is 0 Å². The Labute approximate surface area is 44.1 Å². The van der Waals surface area contributed by atoms with E-state index in [1.54, 1.807) is 0 Å². The van der Waals surface area contributed by atoms with Crippen molar-refractivity contribution in [3.8, 4) is 0 Å². The molecule has 42 valence electrons. The van der Waals surface area contributed by atoms with Crippen molar-refractivity contribution >= 4 is 0 Å². The molecule has 0 saturated carbocycles. The van der Waals surface area contributed by atoms with Crippen LogP contribution >= 0.6 is 0 Å². The van der Waals surface area contributed by atoms with Gasteiger partial charge in [-0.1, -0.05) is 0 Å². The van der Waals surface area contributed by atoms with Gasteiger partial charge >= 0.3 is 0 Å². The Morgan fingerprint density at radius 2 is 2.43 bits per heavy atom. The van der Waals surface area contributed by atoms with Crippen LogP contribution in [0.25, 0.3) is 0 Å². The summed E-state index contributed by atoms with van der Waals surface area (Å²) in [6.45, 7) is 2.97. The first-order valence-electron chi connectivity index (χ1n) is 2.79. The third-order valence-corrected chi connectivity index (χ3v) is 1.44. The van der Waals surface area contributed by atoms with Crippen LogP contribution in [0.2, 0.25) is 0 Å². The van der Waals surface area contributed by atoms with Gasteiger partial charge in [0.15, 0.2) is 0 Å². The molecule has 3 N–H and O–H groups in total. The van der Waals surface area contributed by atoms with Crippen LogP contribution in [0.15, 0.2) is 0 Å². The summed E-state index contributed by atoms with van der Waals surface area (Å²) in [6.07, 6.45) is 1.26. The van der Waals surface area contributed by atoms with Crippen LogP contribution in [0.3, 0.4) is 0 Å². The number of nitrogens with two attached hydrogens (primary N) is 1. The van der Waals surface area contributed by atoms with Crippen LogP contribution in [0.4, 0.5) is 0 Å². The van der Waals surface area contributed by atoms with Crippen LogP contribution < -0.4 is 11.1 Å². The standard InChI is InChI=1S/C5H12N2/c1-4-2-5(3-6)7-4/h4-5,7H,2-3,6H2,1H3. The van der Waals surface area contributed by atoms with E-state index in [1.165, 1.54) is 6.42 Å². The Bertz CT molecular complexity index is 57.1. The second-order valence-corrected chi connectivity index (χ2v) is 2.24. The molecule has 0 radical (unpaired) electrons. The lowest BCUT2D eigenvalue weighted by Crippen LogP contribution is -2.54. The monoisotopic (exact) mass is 100 g/mol. The van der Waals surface area contributed by atoms with E-state index >= 15 is 0 Å². The van der Waals surface area contributed by atoms with Crippen LogP contribution in [-0.2, 0) is 0 Å². The van der Waals surface area contributed by atoms with Crippen molar-refractivity contribution in [1.82, 2.24) is 5.32 Å². The van der Waals surface area contributed by atoms with E-state index in [0.717, 1.165) is 6.54 Å². The zero-order valence-electron chi connectivity index (χ0n) is 4.65. The van der Waals surface area contributed by atoms with E-state index < -0.39 is 0 Å². The van der Waals surface area contributed by atoms with Gasteiger partial charge in [0.2, 0.25) is 0 Å².